The minimum Gasteiger partial charge on any atom is -0.490 e. The van der Waals surface area contributed by atoms with Crippen molar-refractivity contribution in [2.45, 2.75) is 24.8 Å². The Morgan fingerprint density at radius 3 is 2.26 bits per heavy atom. The molecule has 0 saturated carbocycles. The number of carbonyl (C=O) groups excluding carboxylic acids is 2. The Labute approximate surface area is 198 Å². The van der Waals surface area contributed by atoms with Crippen LogP contribution < -0.4 is 14.8 Å². The number of morpholine rings is 1. The Morgan fingerprint density at radius 2 is 1.65 bits per heavy atom. The van der Waals surface area contributed by atoms with Crippen LogP contribution >= 0.6 is 0 Å². The third-order valence-electron chi connectivity index (χ3n) is 4.90. The number of hydrogen-bond donors (Lipinski definition) is 1. The summed E-state index contributed by atoms with van der Waals surface area (Å²) in [5.74, 6) is -0.388. The highest BCUT2D eigenvalue weighted by molar-refractivity contribution is 7.89. The predicted molar refractivity (Wildman–Crippen MR) is 123 cm³/mol. The third-order valence-corrected chi connectivity index (χ3v) is 6.81. The van der Waals surface area contributed by atoms with Gasteiger partial charge in [0.2, 0.25) is 10.0 Å². The van der Waals surface area contributed by atoms with E-state index in [-0.39, 0.29) is 4.90 Å². The van der Waals surface area contributed by atoms with E-state index in [0.29, 0.717) is 50.1 Å². The highest BCUT2D eigenvalue weighted by atomic mass is 32.2. The fourth-order valence-electron chi connectivity index (χ4n) is 3.16. The quantitative estimate of drug-likeness (QED) is 0.501. The maximum Gasteiger partial charge on any atom is 0.344 e. The Hall–Kier alpha value is -3.15. The van der Waals surface area contributed by atoms with Crippen molar-refractivity contribution in [1.82, 2.24) is 4.31 Å². The highest BCUT2D eigenvalue weighted by Crippen LogP contribution is 2.26. The molecule has 1 unspecified atom stereocenters. The molecule has 2 aromatic rings. The van der Waals surface area contributed by atoms with Crippen LogP contribution in [0.15, 0.2) is 53.4 Å². The molecule has 10 nitrogen and oxygen atoms in total. The Morgan fingerprint density at radius 1 is 1.03 bits per heavy atom. The summed E-state index contributed by atoms with van der Waals surface area (Å²) in [4.78, 5) is 24.6. The Balaban J connectivity index is 1.50. The second kappa shape index (κ2) is 11.8. The molecule has 1 saturated heterocycles. The summed E-state index contributed by atoms with van der Waals surface area (Å²) in [5, 5.41) is 2.60. The molecule has 184 valence electrons. The van der Waals surface area contributed by atoms with E-state index >= 15 is 0 Å². The number of anilines is 1. The number of sulfonamides is 1. The van der Waals surface area contributed by atoms with Gasteiger partial charge in [0.25, 0.3) is 5.91 Å². The van der Waals surface area contributed by atoms with Gasteiger partial charge >= 0.3 is 5.97 Å². The zero-order valence-electron chi connectivity index (χ0n) is 19.1. The van der Waals surface area contributed by atoms with Gasteiger partial charge < -0.3 is 24.3 Å². The van der Waals surface area contributed by atoms with E-state index in [9.17, 15) is 18.0 Å². The first kappa shape index (κ1) is 25.5. The van der Waals surface area contributed by atoms with Crippen molar-refractivity contribution < 1.29 is 37.0 Å². The summed E-state index contributed by atoms with van der Waals surface area (Å²) in [5.41, 5.74) is 0.371. The minimum absolute atomic E-state index is 0.122. The first-order valence-electron chi connectivity index (χ1n) is 10.8. The molecule has 1 N–H and O–H groups in total. The first-order valence-corrected chi connectivity index (χ1v) is 12.3. The van der Waals surface area contributed by atoms with Crippen molar-refractivity contribution in [3.05, 3.63) is 48.5 Å². The predicted octanol–water partition coefficient (Wildman–Crippen LogP) is 2.06. The number of amides is 1. The van der Waals surface area contributed by atoms with E-state index in [1.54, 1.807) is 24.3 Å². The molecule has 2 aromatic carbocycles. The molecule has 0 radical (unpaired) electrons. The van der Waals surface area contributed by atoms with E-state index in [1.807, 2.05) is 6.92 Å². The van der Waals surface area contributed by atoms with Crippen molar-refractivity contribution in [3.8, 4) is 11.5 Å². The molecule has 1 amide bonds. The number of rotatable bonds is 10. The average molecular weight is 493 g/mol. The average Bonchev–Trinajstić information content (AvgIpc) is 2.84. The van der Waals surface area contributed by atoms with Crippen molar-refractivity contribution >= 4 is 27.6 Å². The Kier molecular flexibility index (Phi) is 8.85. The van der Waals surface area contributed by atoms with Crippen LogP contribution in [0.5, 0.6) is 11.5 Å². The SMILES string of the molecule is CCOc1ccccc1OCC(=O)OC(C)C(=O)Nc1ccc(S(=O)(=O)N2CCOCC2)cc1. The number of esters is 1. The zero-order chi connectivity index (χ0) is 24.6. The van der Waals surface area contributed by atoms with Gasteiger partial charge in [0.15, 0.2) is 24.2 Å². The van der Waals surface area contributed by atoms with E-state index in [0.717, 1.165) is 0 Å². The lowest BCUT2D eigenvalue weighted by Gasteiger charge is -2.26. The number of para-hydroxylation sites is 2. The van der Waals surface area contributed by atoms with Crippen LogP contribution in [-0.4, -0.2) is 70.2 Å². The van der Waals surface area contributed by atoms with E-state index in [4.69, 9.17) is 18.9 Å². The number of benzene rings is 2. The van der Waals surface area contributed by atoms with Crippen LogP contribution in [0.25, 0.3) is 0 Å². The molecular formula is C23H28N2O8S. The number of nitrogens with zero attached hydrogens (tertiary/aromatic N) is 1. The molecule has 1 heterocycles. The van der Waals surface area contributed by atoms with Crippen LogP contribution in [0.4, 0.5) is 5.69 Å². The monoisotopic (exact) mass is 492 g/mol. The second-order valence-corrected chi connectivity index (χ2v) is 9.27. The fourth-order valence-corrected chi connectivity index (χ4v) is 4.56. The summed E-state index contributed by atoms with van der Waals surface area (Å²) in [6, 6.07) is 12.7. The van der Waals surface area contributed by atoms with Crippen LogP contribution in [0.3, 0.4) is 0 Å². The van der Waals surface area contributed by atoms with Crippen LogP contribution in [-0.2, 0) is 29.1 Å². The molecular weight excluding hydrogens is 464 g/mol. The summed E-state index contributed by atoms with van der Waals surface area (Å²) in [7, 11) is -3.63. The van der Waals surface area contributed by atoms with E-state index in [2.05, 4.69) is 5.32 Å². The summed E-state index contributed by atoms with van der Waals surface area (Å²) >= 11 is 0. The van der Waals surface area contributed by atoms with Crippen molar-refractivity contribution in [2.75, 3.05) is 44.8 Å². The number of carbonyl (C=O) groups is 2. The lowest BCUT2D eigenvalue weighted by molar-refractivity contribution is -0.155. The maximum atomic E-state index is 12.7. The van der Waals surface area contributed by atoms with Crippen LogP contribution in [0.2, 0.25) is 0 Å². The van der Waals surface area contributed by atoms with Crippen molar-refractivity contribution in [3.63, 3.8) is 0 Å². The van der Waals surface area contributed by atoms with Gasteiger partial charge in [-0.1, -0.05) is 12.1 Å². The van der Waals surface area contributed by atoms with Gasteiger partial charge in [0, 0.05) is 18.8 Å². The van der Waals surface area contributed by atoms with Gasteiger partial charge in [0.05, 0.1) is 24.7 Å². The molecule has 1 aliphatic rings. The van der Waals surface area contributed by atoms with Gasteiger partial charge in [-0.2, -0.15) is 4.31 Å². The smallest absolute Gasteiger partial charge is 0.344 e. The molecule has 1 aliphatic heterocycles. The maximum absolute atomic E-state index is 12.7. The van der Waals surface area contributed by atoms with Gasteiger partial charge in [-0.05, 0) is 50.2 Å². The van der Waals surface area contributed by atoms with Gasteiger partial charge in [0.1, 0.15) is 0 Å². The lowest BCUT2D eigenvalue weighted by atomic mass is 10.3. The first-order chi connectivity index (χ1) is 16.3. The second-order valence-electron chi connectivity index (χ2n) is 7.33. The third kappa shape index (κ3) is 6.69. The number of hydrogen-bond acceptors (Lipinski definition) is 8. The molecule has 11 heteroatoms. The van der Waals surface area contributed by atoms with Gasteiger partial charge in [-0.15, -0.1) is 0 Å². The van der Waals surface area contributed by atoms with Crippen LogP contribution in [0, 0.1) is 0 Å². The molecule has 0 aliphatic carbocycles. The fraction of sp³-hybridized carbons (Fsp3) is 0.391. The van der Waals surface area contributed by atoms with E-state index < -0.39 is 34.6 Å². The van der Waals surface area contributed by atoms with E-state index in [1.165, 1.54) is 35.5 Å². The lowest BCUT2D eigenvalue weighted by Crippen LogP contribution is -2.40. The largest absolute Gasteiger partial charge is 0.490 e. The van der Waals surface area contributed by atoms with Gasteiger partial charge in [-0.3, -0.25) is 4.79 Å². The summed E-state index contributed by atoms with van der Waals surface area (Å²) < 4.78 is 47.9. The molecule has 1 atom stereocenters. The number of nitrogens with one attached hydrogen (secondary N) is 1. The number of ether oxygens (including phenoxy) is 4. The minimum atomic E-state index is -3.63. The summed E-state index contributed by atoms with van der Waals surface area (Å²) in [6.07, 6.45) is -1.09. The van der Waals surface area contributed by atoms with Crippen LogP contribution in [0.1, 0.15) is 13.8 Å². The zero-order valence-corrected chi connectivity index (χ0v) is 19.9. The standard InChI is InChI=1S/C23H28N2O8S/c1-3-31-20-6-4-5-7-21(20)32-16-22(26)33-17(2)23(27)24-18-8-10-19(11-9-18)34(28,29)25-12-14-30-15-13-25/h4-11,17H,3,12-16H2,1-2H3,(H,24,27). The molecule has 34 heavy (non-hydrogen) atoms. The van der Waals surface area contributed by atoms with Gasteiger partial charge in [-0.25, -0.2) is 13.2 Å². The molecule has 1 fully saturated rings. The Bertz CT molecular complexity index is 1080. The van der Waals surface area contributed by atoms with Crippen molar-refractivity contribution in [1.29, 1.82) is 0 Å². The molecule has 3 rings (SSSR count). The highest BCUT2D eigenvalue weighted by Gasteiger charge is 2.26. The van der Waals surface area contributed by atoms with Crippen molar-refractivity contribution in [2.24, 2.45) is 0 Å². The molecule has 0 bridgehead atoms. The normalized spacial score (nSPS) is 15.2. The molecule has 0 spiro atoms. The molecule has 0 aromatic heterocycles. The topological polar surface area (TPSA) is 120 Å². The summed E-state index contributed by atoms with van der Waals surface area (Å²) in [6.45, 7) is 4.62.